The molecule has 1 aliphatic carbocycles. The molecule has 1 fully saturated rings. The summed E-state index contributed by atoms with van der Waals surface area (Å²) in [6, 6.07) is 18.6. The summed E-state index contributed by atoms with van der Waals surface area (Å²) in [6.07, 6.45) is 1.88. The molecular weight excluding hydrogens is 414 g/mol. The zero-order chi connectivity index (χ0) is 23.4. The summed E-state index contributed by atoms with van der Waals surface area (Å²) in [5.74, 6) is 1.50. The van der Waals surface area contributed by atoms with Crippen molar-refractivity contribution in [2.24, 2.45) is 0 Å². The van der Waals surface area contributed by atoms with Crippen molar-refractivity contribution in [3.05, 3.63) is 71.4 Å². The van der Waals surface area contributed by atoms with Gasteiger partial charge in [-0.3, -0.25) is 4.90 Å². The molecule has 1 heterocycles. The Morgan fingerprint density at radius 1 is 1.06 bits per heavy atom. The molecule has 0 radical (unpaired) electrons. The summed E-state index contributed by atoms with van der Waals surface area (Å²) >= 11 is 0. The Morgan fingerprint density at radius 3 is 2.39 bits per heavy atom. The predicted molar refractivity (Wildman–Crippen MR) is 130 cm³/mol. The van der Waals surface area contributed by atoms with Crippen molar-refractivity contribution >= 4 is 0 Å². The zero-order valence-electron chi connectivity index (χ0n) is 20.1. The molecule has 4 rings (SSSR count). The Bertz CT molecular complexity index is 1030. The van der Waals surface area contributed by atoms with Crippen LogP contribution in [0.25, 0.3) is 5.69 Å². The third-order valence-corrected chi connectivity index (χ3v) is 5.87. The third-order valence-electron chi connectivity index (χ3n) is 5.87. The number of hydrogen-bond donors (Lipinski definition) is 1. The van der Waals surface area contributed by atoms with Crippen LogP contribution in [0.5, 0.6) is 11.6 Å². The SMILES string of the molecule is Cc1ccc(Oc2c(CN(CC(O)COC(C)C)C3CC3)c(C)nn2-c2ccccc2)cc1. The number of para-hydroxylation sites is 1. The van der Waals surface area contributed by atoms with Crippen LogP contribution in [0.1, 0.15) is 43.5 Å². The number of nitrogens with zero attached hydrogens (tertiary/aromatic N) is 3. The number of aliphatic hydroxyl groups excluding tert-OH is 1. The second-order valence-electron chi connectivity index (χ2n) is 9.23. The molecule has 0 aliphatic heterocycles. The minimum atomic E-state index is -0.529. The van der Waals surface area contributed by atoms with Crippen molar-refractivity contribution < 1.29 is 14.6 Å². The molecule has 1 unspecified atom stereocenters. The molecule has 0 amide bonds. The topological polar surface area (TPSA) is 59.8 Å². The number of benzene rings is 2. The van der Waals surface area contributed by atoms with Crippen LogP contribution in [-0.4, -0.2) is 51.2 Å². The Hall–Kier alpha value is -2.67. The van der Waals surface area contributed by atoms with E-state index in [0.29, 0.717) is 25.7 Å². The highest BCUT2D eigenvalue weighted by atomic mass is 16.5. The second kappa shape index (κ2) is 10.5. The highest BCUT2D eigenvalue weighted by molar-refractivity contribution is 5.43. The summed E-state index contributed by atoms with van der Waals surface area (Å²) in [7, 11) is 0. The van der Waals surface area contributed by atoms with E-state index in [1.54, 1.807) is 0 Å². The minimum Gasteiger partial charge on any atom is -0.439 e. The van der Waals surface area contributed by atoms with Gasteiger partial charge in [-0.2, -0.15) is 5.10 Å². The maximum absolute atomic E-state index is 10.6. The maximum Gasteiger partial charge on any atom is 0.227 e. The van der Waals surface area contributed by atoms with Gasteiger partial charge in [-0.05, 0) is 64.8 Å². The molecule has 1 aromatic heterocycles. The first-order valence-corrected chi connectivity index (χ1v) is 11.8. The summed E-state index contributed by atoms with van der Waals surface area (Å²) in [5, 5.41) is 15.4. The molecule has 6 nitrogen and oxygen atoms in total. The monoisotopic (exact) mass is 449 g/mol. The molecule has 1 saturated carbocycles. The molecule has 33 heavy (non-hydrogen) atoms. The van der Waals surface area contributed by atoms with E-state index in [1.165, 1.54) is 5.56 Å². The molecule has 176 valence electrons. The molecular formula is C27H35N3O3. The van der Waals surface area contributed by atoms with Crippen LogP contribution >= 0.6 is 0 Å². The van der Waals surface area contributed by atoms with E-state index in [4.69, 9.17) is 14.6 Å². The molecule has 6 heteroatoms. The molecule has 1 atom stereocenters. The fourth-order valence-corrected chi connectivity index (χ4v) is 3.90. The Kier molecular flexibility index (Phi) is 7.48. The lowest BCUT2D eigenvalue weighted by Gasteiger charge is -2.25. The van der Waals surface area contributed by atoms with Crippen molar-refractivity contribution in [2.75, 3.05) is 13.2 Å². The van der Waals surface area contributed by atoms with E-state index in [1.807, 2.05) is 80.1 Å². The van der Waals surface area contributed by atoms with Gasteiger partial charge in [0, 0.05) is 19.1 Å². The van der Waals surface area contributed by atoms with Gasteiger partial charge in [0.05, 0.1) is 35.8 Å². The van der Waals surface area contributed by atoms with Crippen molar-refractivity contribution in [1.82, 2.24) is 14.7 Å². The summed E-state index contributed by atoms with van der Waals surface area (Å²) < 4.78 is 14.0. The Balaban J connectivity index is 1.63. The standard InChI is InChI=1S/C27H35N3O3/c1-19(2)32-18-24(31)16-29(22-12-13-22)17-26-21(4)28-30(23-8-6-5-7-9-23)27(26)33-25-14-10-20(3)11-15-25/h5-11,14-15,19,22,24,31H,12-13,16-18H2,1-4H3. The smallest absolute Gasteiger partial charge is 0.227 e. The quantitative estimate of drug-likeness (QED) is 0.445. The second-order valence-corrected chi connectivity index (χ2v) is 9.23. The van der Waals surface area contributed by atoms with Gasteiger partial charge in [0.1, 0.15) is 5.75 Å². The molecule has 1 N–H and O–H groups in total. The van der Waals surface area contributed by atoms with Crippen LogP contribution in [0, 0.1) is 13.8 Å². The Labute approximate surface area is 196 Å². The first-order chi connectivity index (χ1) is 15.9. The lowest BCUT2D eigenvalue weighted by atomic mass is 10.2. The normalized spacial score (nSPS) is 14.8. The van der Waals surface area contributed by atoms with E-state index in [9.17, 15) is 5.11 Å². The highest BCUT2D eigenvalue weighted by Crippen LogP contribution is 2.35. The van der Waals surface area contributed by atoms with Crippen molar-refractivity contribution in [1.29, 1.82) is 0 Å². The van der Waals surface area contributed by atoms with Gasteiger partial charge in [-0.1, -0.05) is 35.9 Å². The van der Waals surface area contributed by atoms with Gasteiger partial charge in [0.15, 0.2) is 0 Å². The van der Waals surface area contributed by atoms with Crippen LogP contribution in [0.2, 0.25) is 0 Å². The van der Waals surface area contributed by atoms with E-state index in [2.05, 4.69) is 11.8 Å². The highest BCUT2D eigenvalue weighted by Gasteiger charge is 2.32. The molecule has 1 aliphatic rings. The number of ether oxygens (including phenoxy) is 2. The van der Waals surface area contributed by atoms with Crippen LogP contribution < -0.4 is 4.74 Å². The van der Waals surface area contributed by atoms with Gasteiger partial charge < -0.3 is 14.6 Å². The average Bonchev–Trinajstić information content (AvgIpc) is 3.60. The van der Waals surface area contributed by atoms with Crippen LogP contribution in [0.3, 0.4) is 0 Å². The first kappa shape index (κ1) is 23.5. The minimum absolute atomic E-state index is 0.106. The maximum atomic E-state index is 10.6. The third kappa shape index (κ3) is 6.22. The molecule has 0 spiro atoms. The zero-order valence-corrected chi connectivity index (χ0v) is 20.1. The van der Waals surface area contributed by atoms with Crippen LogP contribution in [0.15, 0.2) is 54.6 Å². The Morgan fingerprint density at radius 2 is 1.76 bits per heavy atom. The van der Waals surface area contributed by atoms with Crippen molar-refractivity contribution in [3.8, 4) is 17.3 Å². The van der Waals surface area contributed by atoms with E-state index in [0.717, 1.165) is 41.4 Å². The van der Waals surface area contributed by atoms with Gasteiger partial charge in [-0.25, -0.2) is 4.68 Å². The van der Waals surface area contributed by atoms with E-state index >= 15 is 0 Å². The summed E-state index contributed by atoms with van der Waals surface area (Å²) in [4.78, 5) is 2.34. The fourth-order valence-electron chi connectivity index (χ4n) is 3.90. The predicted octanol–water partition coefficient (Wildman–Crippen LogP) is 5.03. The van der Waals surface area contributed by atoms with Crippen LogP contribution in [-0.2, 0) is 11.3 Å². The molecule has 0 bridgehead atoms. The van der Waals surface area contributed by atoms with Gasteiger partial charge >= 0.3 is 0 Å². The van der Waals surface area contributed by atoms with Gasteiger partial charge in [0.2, 0.25) is 5.88 Å². The number of rotatable bonds is 11. The van der Waals surface area contributed by atoms with Gasteiger partial charge in [-0.15, -0.1) is 0 Å². The molecule has 0 saturated heterocycles. The number of aryl methyl sites for hydroxylation is 2. The van der Waals surface area contributed by atoms with E-state index < -0.39 is 6.10 Å². The van der Waals surface area contributed by atoms with Crippen LogP contribution in [0.4, 0.5) is 0 Å². The lowest BCUT2D eigenvalue weighted by Crippen LogP contribution is -2.36. The summed E-state index contributed by atoms with van der Waals surface area (Å²) in [6.45, 7) is 9.65. The number of hydrogen-bond acceptors (Lipinski definition) is 5. The summed E-state index contributed by atoms with van der Waals surface area (Å²) in [5.41, 5.74) is 4.12. The number of aromatic nitrogens is 2. The van der Waals surface area contributed by atoms with Crippen molar-refractivity contribution in [2.45, 2.75) is 65.3 Å². The first-order valence-electron chi connectivity index (χ1n) is 11.8. The molecule has 2 aromatic carbocycles. The number of aliphatic hydroxyl groups is 1. The van der Waals surface area contributed by atoms with E-state index in [-0.39, 0.29) is 6.10 Å². The average molecular weight is 450 g/mol. The fraction of sp³-hybridized carbons (Fsp3) is 0.444. The lowest BCUT2D eigenvalue weighted by molar-refractivity contribution is -0.0107. The molecule has 3 aromatic rings. The largest absolute Gasteiger partial charge is 0.439 e. The van der Waals surface area contributed by atoms with Gasteiger partial charge in [0.25, 0.3) is 0 Å². The van der Waals surface area contributed by atoms with Crippen molar-refractivity contribution in [3.63, 3.8) is 0 Å².